The normalized spacial score (nSPS) is 15.1. The first kappa shape index (κ1) is 24.2. The van der Waals surface area contributed by atoms with E-state index in [1.807, 2.05) is 12.1 Å². The zero-order valence-corrected chi connectivity index (χ0v) is 19.5. The first-order chi connectivity index (χ1) is 17.0. The minimum Gasteiger partial charge on any atom is -0.497 e. The summed E-state index contributed by atoms with van der Waals surface area (Å²) in [6, 6.07) is 16.3. The first-order valence-electron chi connectivity index (χ1n) is 11.1. The summed E-state index contributed by atoms with van der Waals surface area (Å²) in [5.74, 6) is -0.456. The Morgan fingerprint density at radius 2 is 1.89 bits per heavy atom. The Labute approximate surface area is 202 Å². The smallest absolute Gasteiger partial charge is 0.290 e. The van der Waals surface area contributed by atoms with Gasteiger partial charge in [-0.25, -0.2) is 9.40 Å². The van der Waals surface area contributed by atoms with Crippen molar-refractivity contribution in [2.75, 3.05) is 33.9 Å². The fraction of sp³-hybridized carbons (Fsp3) is 0.269. The molecular weight excluding hydrogens is 453 g/mol. The van der Waals surface area contributed by atoms with Gasteiger partial charge in [0.05, 0.1) is 31.7 Å². The van der Waals surface area contributed by atoms with E-state index in [0.29, 0.717) is 23.4 Å². The summed E-state index contributed by atoms with van der Waals surface area (Å²) in [5.41, 5.74) is 1.61. The van der Waals surface area contributed by atoms with E-state index in [9.17, 15) is 14.0 Å². The number of ether oxygens (including phenoxy) is 2. The van der Waals surface area contributed by atoms with E-state index in [0.717, 1.165) is 5.56 Å². The average Bonchev–Trinajstić information content (AvgIpc) is 3.57. The van der Waals surface area contributed by atoms with Crippen molar-refractivity contribution in [3.63, 3.8) is 0 Å². The number of rotatable bonds is 9. The van der Waals surface area contributed by atoms with Crippen LogP contribution in [-0.4, -0.2) is 61.4 Å². The van der Waals surface area contributed by atoms with Crippen molar-refractivity contribution in [3.8, 4) is 5.75 Å². The van der Waals surface area contributed by atoms with E-state index in [1.165, 1.54) is 35.4 Å². The van der Waals surface area contributed by atoms with Gasteiger partial charge in [0.15, 0.2) is 5.76 Å². The molecule has 0 radical (unpaired) electrons. The minimum atomic E-state index is -0.467. The van der Waals surface area contributed by atoms with E-state index in [4.69, 9.17) is 13.9 Å². The predicted octanol–water partition coefficient (Wildman–Crippen LogP) is 3.89. The van der Waals surface area contributed by atoms with Gasteiger partial charge in [0.2, 0.25) is 0 Å². The molecule has 0 bridgehead atoms. The monoisotopic (exact) mass is 479 g/mol. The number of methoxy groups -OCH3 is 2. The molecule has 35 heavy (non-hydrogen) atoms. The molecule has 0 saturated heterocycles. The summed E-state index contributed by atoms with van der Waals surface area (Å²) in [6.07, 6.45) is 1.72. The molecule has 9 heteroatoms. The van der Waals surface area contributed by atoms with Crippen LogP contribution in [0.1, 0.15) is 34.1 Å². The largest absolute Gasteiger partial charge is 0.497 e. The number of carbonyl (C=O) groups excluding carboxylic acids is 2. The summed E-state index contributed by atoms with van der Waals surface area (Å²) in [5, 5.41) is 5.84. The maximum Gasteiger partial charge on any atom is 0.290 e. The van der Waals surface area contributed by atoms with Crippen molar-refractivity contribution in [3.05, 3.63) is 89.6 Å². The van der Waals surface area contributed by atoms with E-state index < -0.39 is 23.7 Å². The molecule has 0 N–H and O–H groups in total. The molecule has 1 aliphatic heterocycles. The topological polar surface area (TPSA) is 84.6 Å². The Hall–Kier alpha value is -3.98. The maximum absolute atomic E-state index is 14.5. The molecule has 1 aromatic heterocycles. The molecule has 182 valence electrons. The van der Waals surface area contributed by atoms with Crippen LogP contribution in [0.15, 0.2) is 76.4 Å². The van der Waals surface area contributed by atoms with Gasteiger partial charge in [-0.1, -0.05) is 30.3 Å². The Kier molecular flexibility index (Phi) is 7.57. The van der Waals surface area contributed by atoms with Crippen LogP contribution in [0.3, 0.4) is 0 Å². The minimum absolute atomic E-state index is 0.123. The molecular formula is C26H26FN3O5. The molecule has 2 aromatic carbocycles. The molecule has 0 saturated carbocycles. The van der Waals surface area contributed by atoms with Gasteiger partial charge in [0.25, 0.3) is 11.8 Å². The number of benzene rings is 2. The van der Waals surface area contributed by atoms with Gasteiger partial charge < -0.3 is 18.8 Å². The zero-order valence-electron chi connectivity index (χ0n) is 19.5. The first-order valence-corrected chi connectivity index (χ1v) is 11.1. The van der Waals surface area contributed by atoms with E-state index in [2.05, 4.69) is 5.10 Å². The van der Waals surface area contributed by atoms with Crippen molar-refractivity contribution in [2.45, 2.75) is 12.5 Å². The summed E-state index contributed by atoms with van der Waals surface area (Å²) in [7, 11) is 3.09. The fourth-order valence-corrected chi connectivity index (χ4v) is 3.93. The Bertz CT molecular complexity index is 1190. The van der Waals surface area contributed by atoms with Crippen LogP contribution >= 0.6 is 0 Å². The van der Waals surface area contributed by atoms with Gasteiger partial charge in [-0.2, -0.15) is 5.10 Å². The van der Waals surface area contributed by atoms with Crippen molar-refractivity contribution in [1.82, 2.24) is 9.91 Å². The summed E-state index contributed by atoms with van der Waals surface area (Å²) >= 11 is 0. The molecule has 1 aliphatic rings. The lowest BCUT2D eigenvalue weighted by Gasteiger charge is -2.26. The third-order valence-electron chi connectivity index (χ3n) is 5.76. The number of hydrogen-bond acceptors (Lipinski definition) is 6. The highest BCUT2D eigenvalue weighted by atomic mass is 19.1. The molecule has 1 atom stereocenters. The van der Waals surface area contributed by atoms with E-state index in [-0.39, 0.29) is 25.5 Å². The van der Waals surface area contributed by atoms with Crippen LogP contribution in [-0.2, 0) is 9.53 Å². The van der Waals surface area contributed by atoms with Gasteiger partial charge in [0.1, 0.15) is 18.1 Å². The molecule has 0 aliphatic carbocycles. The Balaban J connectivity index is 1.63. The number of carbonyl (C=O) groups is 2. The SMILES string of the molecule is COCCN(CC(=O)N1N=C(c2ccccc2F)C[C@H]1c1ccc(OC)cc1)C(=O)c1ccco1. The summed E-state index contributed by atoms with van der Waals surface area (Å²) in [6.45, 7) is 0.182. The number of furan rings is 1. The van der Waals surface area contributed by atoms with Crippen LogP contribution < -0.4 is 4.74 Å². The van der Waals surface area contributed by atoms with Crippen LogP contribution in [0.25, 0.3) is 0 Å². The number of nitrogens with zero attached hydrogens (tertiary/aromatic N) is 3. The van der Waals surface area contributed by atoms with Gasteiger partial charge in [-0.05, 0) is 35.9 Å². The highest BCUT2D eigenvalue weighted by molar-refractivity contribution is 6.03. The van der Waals surface area contributed by atoms with Gasteiger partial charge >= 0.3 is 0 Å². The fourth-order valence-electron chi connectivity index (χ4n) is 3.93. The van der Waals surface area contributed by atoms with Crippen LogP contribution in [0.2, 0.25) is 0 Å². The summed E-state index contributed by atoms with van der Waals surface area (Å²) in [4.78, 5) is 27.8. The maximum atomic E-state index is 14.5. The summed E-state index contributed by atoms with van der Waals surface area (Å²) < 4.78 is 30.1. The Morgan fingerprint density at radius 3 is 2.54 bits per heavy atom. The molecule has 4 rings (SSSR count). The van der Waals surface area contributed by atoms with E-state index in [1.54, 1.807) is 43.5 Å². The molecule has 0 spiro atoms. The molecule has 8 nitrogen and oxygen atoms in total. The van der Waals surface area contributed by atoms with Crippen molar-refractivity contribution < 1.29 is 27.9 Å². The van der Waals surface area contributed by atoms with Crippen LogP contribution in [0.5, 0.6) is 5.75 Å². The van der Waals surface area contributed by atoms with Gasteiger partial charge in [-0.3, -0.25) is 9.59 Å². The van der Waals surface area contributed by atoms with E-state index >= 15 is 0 Å². The third kappa shape index (κ3) is 5.41. The van der Waals surface area contributed by atoms with Crippen LogP contribution in [0, 0.1) is 5.82 Å². The van der Waals surface area contributed by atoms with Crippen molar-refractivity contribution in [1.29, 1.82) is 0 Å². The quantitative estimate of drug-likeness (QED) is 0.465. The lowest BCUT2D eigenvalue weighted by atomic mass is 9.98. The standard InChI is InChI=1S/C26H26FN3O5/c1-33-15-13-29(26(32)24-8-5-14-35-24)17-25(31)30-23(18-9-11-19(34-2)12-10-18)16-22(28-30)20-6-3-4-7-21(20)27/h3-12,14,23H,13,15-17H2,1-2H3/t23-/m0/s1. The number of halogens is 1. The Morgan fingerprint density at radius 1 is 1.11 bits per heavy atom. The molecule has 3 aromatic rings. The van der Waals surface area contributed by atoms with Crippen molar-refractivity contribution in [2.24, 2.45) is 5.10 Å². The molecule has 0 fully saturated rings. The second kappa shape index (κ2) is 11.0. The number of amides is 2. The predicted molar refractivity (Wildman–Crippen MR) is 127 cm³/mol. The van der Waals surface area contributed by atoms with Gasteiger partial charge in [0, 0.05) is 25.6 Å². The molecule has 2 heterocycles. The lowest BCUT2D eigenvalue weighted by molar-refractivity contribution is -0.133. The molecule has 0 unspecified atom stereocenters. The second-order valence-electron chi connectivity index (χ2n) is 7.95. The lowest BCUT2D eigenvalue weighted by Crippen LogP contribution is -2.42. The van der Waals surface area contributed by atoms with Crippen LogP contribution in [0.4, 0.5) is 4.39 Å². The molecule has 2 amide bonds. The number of hydrazone groups is 1. The van der Waals surface area contributed by atoms with Crippen molar-refractivity contribution >= 4 is 17.5 Å². The zero-order chi connectivity index (χ0) is 24.8. The third-order valence-corrected chi connectivity index (χ3v) is 5.76. The van der Waals surface area contributed by atoms with Gasteiger partial charge in [-0.15, -0.1) is 0 Å². The highest BCUT2D eigenvalue weighted by Gasteiger charge is 2.35. The highest BCUT2D eigenvalue weighted by Crippen LogP contribution is 2.34. The average molecular weight is 480 g/mol. The second-order valence-corrected chi connectivity index (χ2v) is 7.95. The number of hydrogen-bond donors (Lipinski definition) is 0.